The average Bonchev–Trinajstić information content (AvgIpc) is 2.59. The zero-order valence-electron chi connectivity index (χ0n) is 14.1. The number of benzene rings is 2. The number of ether oxygens (including phenoxy) is 2. The molecule has 0 bridgehead atoms. The van der Waals surface area contributed by atoms with Crippen molar-refractivity contribution in [2.45, 2.75) is 11.4 Å². The lowest BCUT2D eigenvalue weighted by Crippen LogP contribution is -2.17. The highest BCUT2D eigenvalue weighted by Gasteiger charge is 2.22. The standard InChI is InChI=1S/C17H20N2O6S/c1-24-7-8-25-15-10-14(19-11-12-5-3-2-4-6-12)13(17(20)21)9-16(15)26(18,22)23/h2-6,9-10,19H,7-8,11H2,1H3,(H,20,21)(H2,18,22,23). The van der Waals surface area contributed by atoms with Gasteiger partial charge in [0, 0.05) is 19.7 Å². The molecule has 8 nitrogen and oxygen atoms in total. The summed E-state index contributed by atoms with van der Waals surface area (Å²) in [5, 5.41) is 17.6. The van der Waals surface area contributed by atoms with Crippen LogP contribution in [0.4, 0.5) is 5.69 Å². The van der Waals surface area contributed by atoms with Crippen molar-refractivity contribution in [3.05, 3.63) is 53.6 Å². The van der Waals surface area contributed by atoms with Crippen LogP contribution in [0, 0.1) is 0 Å². The number of aromatic carboxylic acids is 1. The fourth-order valence-corrected chi connectivity index (χ4v) is 2.93. The maximum absolute atomic E-state index is 11.8. The van der Waals surface area contributed by atoms with E-state index >= 15 is 0 Å². The molecule has 9 heteroatoms. The second-order valence-electron chi connectivity index (χ2n) is 5.38. The Morgan fingerprint density at radius 3 is 2.46 bits per heavy atom. The first kappa shape index (κ1) is 19.7. The zero-order chi connectivity index (χ0) is 19.2. The van der Waals surface area contributed by atoms with Gasteiger partial charge in [0.1, 0.15) is 17.3 Å². The van der Waals surface area contributed by atoms with Crippen LogP contribution in [-0.4, -0.2) is 39.8 Å². The summed E-state index contributed by atoms with van der Waals surface area (Å²) >= 11 is 0. The molecular weight excluding hydrogens is 360 g/mol. The van der Waals surface area contributed by atoms with Gasteiger partial charge in [0.05, 0.1) is 17.9 Å². The van der Waals surface area contributed by atoms with E-state index in [4.69, 9.17) is 14.6 Å². The number of carboxylic acids is 1. The molecule has 0 spiro atoms. The highest BCUT2D eigenvalue weighted by atomic mass is 32.2. The molecule has 4 N–H and O–H groups in total. The molecule has 0 aromatic heterocycles. The minimum atomic E-state index is -4.17. The van der Waals surface area contributed by atoms with E-state index in [-0.39, 0.29) is 30.2 Å². The molecule has 2 aromatic carbocycles. The number of hydrogen-bond donors (Lipinski definition) is 3. The van der Waals surface area contributed by atoms with Gasteiger partial charge in [-0.2, -0.15) is 0 Å². The van der Waals surface area contributed by atoms with Crippen molar-refractivity contribution in [1.82, 2.24) is 0 Å². The Balaban J connectivity index is 2.41. The SMILES string of the molecule is COCCOc1cc(NCc2ccccc2)c(C(=O)O)cc1S(N)(=O)=O. The van der Waals surface area contributed by atoms with Crippen molar-refractivity contribution in [2.75, 3.05) is 25.6 Å². The van der Waals surface area contributed by atoms with E-state index < -0.39 is 20.9 Å². The minimum Gasteiger partial charge on any atom is -0.490 e. The number of carboxylic acid groups (broad SMARTS) is 1. The largest absolute Gasteiger partial charge is 0.490 e. The molecule has 0 aliphatic heterocycles. The number of anilines is 1. The highest BCUT2D eigenvalue weighted by Crippen LogP contribution is 2.31. The Labute approximate surface area is 151 Å². The third-order valence-electron chi connectivity index (χ3n) is 3.49. The lowest BCUT2D eigenvalue weighted by Gasteiger charge is -2.15. The van der Waals surface area contributed by atoms with Crippen LogP contribution in [0.1, 0.15) is 15.9 Å². The number of carbonyl (C=O) groups is 1. The lowest BCUT2D eigenvalue weighted by molar-refractivity contribution is 0.0697. The number of methoxy groups -OCH3 is 1. The fraction of sp³-hybridized carbons (Fsp3) is 0.235. The van der Waals surface area contributed by atoms with Gasteiger partial charge in [0.25, 0.3) is 0 Å². The van der Waals surface area contributed by atoms with Crippen molar-refractivity contribution in [3.63, 3.8) is 0 Å². The van der Waals surface area contributed by atoms with Crippen LogP contribution in [0.2, 0.25) is 0 Å². The zero-order valence-corrected chi connectivity index (χ0v) is 15.0. The number of rotatable bonds is 9. The van der Waals surface area contributed by atoms with Crippen LogP contribution in [-0.2, 0) is 21.3 Å². The smallest absolute Gasteiger partial charge is 0.337 e. The van der Waals surface area contributed by atoms with Gasteiger partial charge < -0.3 is 19.9 Å². The van der Waals surface area contributed by atoms with Crippen LogP contribution in [0.25, 0.3) is 0 Å². The molecule has 0 saturated heterocycles. The van der Waals surface area contributed by atoms with Crippen LogP contribution in [0.5, 0.6) is 5.75 Å². The second-order valence-corrected chi connectivity index (χ2v) is 6.90. The Morgan fingerprint density at radius 2 is 1.88 bits per heavy atom. The summed E-state index contributed by atoms with van der Waals surface area (Å²) in [6.45, 7) is 0.675. The van der Waals surface area contributed by atoms with Crippen molar-refractivity contribution in [1.29, 1.82) is 0 Å². The van der Waals surface area contributed by atoms with E-state index in [9.17, 15) is 18.3 Å². The average molecular weight is 380 g/mol. The molecule has 26 heavy (non-hydrogen) atoms. The first-order valence-electron chi connectivity index (χ1n) is 7.66. The maximum Gasteiger partial charge on any atom is 0.337 e. The number of nitrogens with two attached hydrogens (primary N) is 1. The summed E-state index contributed by atoms with van der Waals surface area (Å²) < 4.78 is 33.9. The van der Waals surface area contributed by atoms with Gasteiger partial charge in [0.2, 0.25) is 10.0 Å². The van der Waals surface area contributed by atoms with Gasteiger partial charge in [-0.05, 0) is 11.6 Å². The molecular formula is C17H20N2O6S. The van der Waals surface area contributed by atoms with E-state index in [0.717, 1.165) is 11.6 Å². The summed E-state index contributed by atoms with van der Waals surface area (Å²) in [4.78, 5) is 11.2. The van der Waals surface area contributed by atoms with Gasteiger partial charge in [-0.15, -0.1) is 0 Å². The van der Waals surface area contributed by atoms with Crippen molar-refractivity contribution < 1.29 is 27.8 Å². The third-order valence-corrected chi connectivity index (χ3v) is 4.42. The summed E-state index contributed by atoms with van der Waals surface area (Å²) in [7, 11) is -2.69. The molecule has 140 valence electrons. The van der Waals surface area contributed by atoms with E-state index in [1.807, 2.05) is 30.3 Å². The predicted molar refractivity (Wildman–Crippen MR) is 95.9 cm³/mol. The molecule has 0 fully saturated rings. The quantitative estimate of drug-likeness (QED) is 0.565. The number of sulfonamides is 1. The Hall–Kier alpha value is -2.62. The van der Waals surface area contributed by atoms with Crippen LogP contribution in [0.15, 0.2) is 47.4 Å². The molecule has 0 heterocycles. The summed E-state index contributed by atoms with van der Waals surface area (Å²) in [6, 6.07) is 11.7. The molecule has 2 aromatic rings. The molecule has 0 atom stereocenters. The van der Waals surface area contributed by atoms with Crippen LogP contribution < -0.4 is 15.2 Å². The Kier molecular flexibility index (Phi) is 6.56. The normalized spacial score (nSPS) is 11.2. The van der Waals surface area contributed by atoms with Gasteiger partial charge in [0.15, 0.2) is 0 Å². The van der Waals surface area contributed by atoms with Crippen molar-refractivity contribution in [2.24, 2.45) is 5.14 Å². The van der Waals surface area contributed by atoms with Crippen molar-refractivity contribution in [3.8, 4) is 5.75 Å². The summed E-state index contributed by atoms with van der Waals surface area (Å²) in [5.41, 5.74) is 0.937. The fourth-order valence-electron chi connectivity index (χ4n) is 2.25. The Bertz CT molecular complexity index is 868. The first-order chi connectivity index (χ1) is 12.3. The van der Waals surface area contributed by atoms with E-state index in [0.29, 0.717) is 6.54 Å². The van der Waals surface area contributed by atoms with Gasteiger partial charge in [-0.3, -0.25) is 0 Å². The van der Waals surface area contributed by atoms with Crippen molar-refractivity contribution >= 4 is 21.7 Å². The Morgan fingerprint density at radius 1 is 1.19 bits per heavy atom. The maximum atomic E-state index is 11.8. The number of primary sulfonamides is 1. The molecule has 0 unspecified atom stereocenters. The lowest BCUT2D eigenvalue weighted by atomic mass is 10.1. The van der Waals surface area contributed by atoms with E-state index in [1.54, 1.807) is 0 Å². The number of hydrogen-bond acceptors (Lipinski definition) is 6. The first-order valence-corrected chi connectivity index (χ1v) is 9.21. The molecule has 0 aliphatic rings. The van der Waals surface area contributed by atoms with Gasteiger partial charge in [-0.1, -0.05) is 30.3 Å². The van der Waals surface area contributed by atoms with Crippen LogP contribution in [0.3, 0.4) is 0 Å². The number of nitrogens with one attached hydrogen (secondary N) is 1. The third kappa shape index (κ3) is 5.19. The van der Waals surface area contributed by atoms with Gasteiger partial charge in [-0.25, -0.2) is 18.4 Å². The van der Waals surface area contributed by atoms with E-state index in [2.05, 4.69) is 5.32 Å². The monoisotopic (exact) mass is 380 g/mol. The molecule has 0 saturated carbocycles. The topological polar surface area (TPSA) is 128 Å². The van der Waals surface area contributed by atoms with Gasteiger partial charge >= 0.3 is 5.97 Å². The minimum absolute atomic E-state index is 0.0369. The summed E-state index contributed by atoms with van der Waals surface area (Å²) in [6.07, 6.45) is 0. The molecule has 2 rings (SSSR count). The van der Waals surface area contributed by atoms with E-state index in [1.165, 1.54) is 13.2 Å². The summed E-state index contributed by atoms with van der Waals surface area (Å²) in [5.74, 6) is -1.32. The highest BCUT2D eigenvalue weighted by molar-refractivity contribution is 7.89. The predicted octanol–water partition coefficient (Wildman–Crippen LogP) is 1.67. The molecule has 0 amide bonds. The molecule has 0 aliphatic carbocycles. The molecule has 0 radical (unpaired) electrons. The van der Waals surface area contributed by atoms with Crippen LogP contribution >= 0.6 is 0 Å². The second kappa shape index (κ2) is 8.65.